The van der Waals surface area contributed by atoms with Gasteiger partial charge in [-0.05, 0) is 11.6 Å². The van der Waals surface area contributed by atoms with Crippen LogP contribution in [0.25, 0.3) is 12.2 Å². The average Bonchev–Trinajstić information content (AvgIpc) is 2.32. The second-order valence-corrected chi connectivity index (χ2v) is 3.31. The van der Waals surface area contributed by atoms with Crippen molar-refractivity contribution in [2.45, 2.75) is 0 Å². The molecule has 4 heteroatoms. The molecule has 4 nitrogen and oxygen atoms in total. The zero-order chi connectivity index (χ0) is 11.4. The first-order valence-electron chi connectivity index (χ1n) is 4.87. The van der Waals surface area contributed by atoms with E-state index in [-0.39, 0.29) is 0 Å². The molecule has 0 atom stereocenters. The Kier molecular flexibility index (Phi) is 2.82. The summed E-state index contributed by atoms with van der Waals surface area (Å²) in [6, 6.07) is 9.90. The van der Waals surface area contributed by atoms with Gasteiger partial charge >= 0.3 is 0 Å². The van der Waals surface area contributed by atoms with Gasteiger partial charge in [-0.3, -0.25) is 0 Å². The van der Waals surface area contributed by atoms with Crippen LogP contribution in [-0.4, -0.2) is 9.97 Å². The van der Waals surface area contributed by atoms with Gasteiger partial charge in [-0.2, -0.15) is 0 Å². The van der Waals surface area contributed by atoms with E-state index in [2.05, 4.69) is 9.97 Å². The van der Waals surface area contributed by atoms with Crippen LogP contribution in [-0.2, 0) is 0 Å². The Morgan fingerprint density at radius 2 is 1.75 bits per heavy atom. The molecule has 16 heavy (non-hydrogen) atoms. The Hall–Kier alpha value is -2.36. The van der Waals surface area contributed by atoms with Crippen LogP contribution in [0.15, 0.2) is 36.5 Å². The SMILES string of the molecule is Nc1cnc(C=Cc2ccccc2)nc1N. The lowest BCUT2D eigenvalue weighted by Gasteiger charge is -1.98. The van der Waals surface area contributed by atoms with E-state index in [9.17, 15) is 0 Å². The van der Waals surface area contributed by atoms with Gasteiger partial charge in [0.05, 0.1) is 11.9 Å². The van der Waals surface area contributed by atoms with Crippen LogP contribution < -0.4 is 11.5 Å². The molecule has 0 aliphatic heterocycles. The largest absolute Gasteiger partial charge is 0.394 e. The van der Waals surface area contributed by atoms with Crippen molar-refractivity contribution >= 4 is 23.7 Å². The molecule has 0 aliphatic carbocycles. The molecular formula is C12H12N4. The summed E-state index contributed by atoms with van der Waals surface area (Å²) in [6.45, 7) is 0. The molecule has 0 fully saturated rings. The number of nitrogens with two attached hydrogens (primary N) is 2. The lowest BCUT2D eigenvalue weighted by Crippen LogP contribution is -2.00. The summed E-state index contributed by atoms with van der Waals surface area (Å²) in [5, 5.41) is 0. The number of nitrogen functional groups attached to an aromatic ring is 2. The monoisotopic (exact) mass is 212 g/mol. The van der Waals surface area contributed by atoms with Crippen molar-refractivity contribution in [2.75, 3.05) is 11.5 Å². The molecule has 0 aliphatic rings. The average molecular weight is 212 g/mol. The Morgan fingerprint density at radius 1 is 1.00 bits per heavy atom. The first-order valence-corrected chi connectivity index (χ1v) is 4.87. The number of anilines is 2. The molecule has 0 saturated carbocycles. The van der Waals surface area contributed by atoms with E-state index in [4.69, 9.17) is 11.5 Å². The summed E-state index contributed by atoms with van der Waals surface area (Å²) in [7, 11) is 0. The molecule has 0 radical (unpaired) electrons. The summed E-state index contributed by atoms with van der Waals surface area (Å²) in [4.78, 5) is 8.09. The Balaban J connectivity index is 2.21. The van der Waals surface area contributed by atoms with E-state index in [0.29, 0.717) is 17.3 Å². The molecule has 0 bridgehead atoms. The molecule has 2 aromatic rings. The highest BCUT2D eigenvalue weighted by Gasteiger charge is 1.96. The molecular weight excluding hydrogens is 200 g/mol. The fourth-order valence-electron chi connectivity index (χ4n) is 1.23. The van der Waals surface area contributed by atoms with Crippen LogP contribution in [0.3, 0.4) is 0 Å². The van der Waals surface area contributed by atoms with Crippen molar-refractivity contribution in [2.24, 2.45) is 0 Å². The summed E-state index contributed by atoms with van der Waals surface area (Å²) in [5.41, 5.74) is 12.6. The fraction of sp³-hybridized carbons (Fsp3) is 0. The standard InChI is InChI=1S/C12H12N4/c13-10-8-15-11(16-12(10)14)7-6-9-4-2-1-3-5-9/h1-8H,13H2,(H2,14,15,16). The molecule has 1 aromatic heterocycles. The predicted molar refractivity (Wildman–Crippen MR) is 66.2 cm³/mol. The van der Waals surface area contributed by atoms with E-state index in [1.54, 1.807) is 6.08 Å². The van der Waals surface area contributed by atoms with Crippen LogP contribution in [0.1, 0.15) is 11.4 Å². The van der Waals surface area contributed by atoms with Gasteiger partial charge < -0.3 is 11.5 Å². The molecule has 0 unspecified atom stereocenters. The molecule has 0 amide bonds. The summed E-state index contributed by atoms with van der Waals surface area (Å²) in [6.07, 6.45) is 5.23. The normalized spacial score (nSPS) is 10.8. The topological polar surface area (TPSA) is 77.8 Å². The second-order valence-electron chi connectivity index (χ2n) is 3.31. The highest BCUT2D eigenvalue weighted by molar-refractivity contribution is 5.68. The molecule has 0 saturated heterocycles. The van der Waals surface area contributed by atoms with Gasteiger partial charge in [0.2, 0.25) is 0 Å². The maximum absolute atomic E-state index is 5.58. The Bertz CT molecular complexity index is 506. The highest BCUT2D eigenvalue weighted by Crippen LogP contribution is 2.10. The van der Waals surface area contributed by atoms with Crippen molar-refractivity contribution in [3.63, 3.8) is 0 Å². The number of hydrogen-bond donors (Lipinski definition) is 2. The first-order chi connectivity index (χ1) is 7.75. The van der Waals surface area contributed by atoms with Gasteiger partial charge in [0.1, 0.15) is 0 Å². The minimum Gasteiger partial charge on any atom is -0.394 e. The van der Waals surface area contributed by atoms with Crippen molar-refractivity contribution in [3.05, 3.63) is 47.9 Å². The van der Waals surface area contributed by atoms with Crippen LogP contribution in [0.4, 0.5) is 11.5 Å². The Morgan fingerprint density at radius 3 is 2.44 bits per heavy atom. The molecule has 1 aromatic carbocycles. The van der Waals surface area contributed by atoms with Crippen LogP contribution in [0, 0.1) is 0 Å². The van der Waals surface area contributed by atoms with E-state index in [1.165, 1.54) is 6.20 Å². The lowest BCUT2D eigenvalue weighted by molar-refractivity contribution is 1.15. The summed E-state index contributed by atoms with van der Waals surface area (Å²) in [5.74, 6) is 0.860. The third-order valence-corrected chi connectivity index (χ3v) is 2.09. The first kappa shape index (κ1) is 10.2. The predicted octanol–water partition coefficient (Wildman–Crippen LogP) is 1.81. The van der Waals surface area contributed by atoms with Crippen molar-refractivity contribution in [1.82, 2.24) is 9.97 Å². The Labute approximate surface area is 93.6 Å². The fourth-order valence-corrected chi connectivity index (χ4v) is 1.23. The van der Waals surface area contributed by atoms with Crippen LogP contribution >= 0.6 is 0 Å². The maximum atomic E-state index is 5.58. The van der Waals surface area contributed by atoms with Gasteiger partial charge in [-0.25, -0.2) is 9.97 Å². The highest BCUT2D eigenvalue weighted by atomic mass is 15.0. The van der Waals surface area contributed by atoms with E-state index < -0.39 is 0 Å². The number of aromatic nitrogens is 2. The molecule has 2 rings (SSSR count). The van der Waals surface area contributed by atoms with Crippen LogP contribution in [0.5, 0.6) is 0 Å². The van der Waals surface area contributed by atoms with Gasteiger partial charge in [-0.15, -0.1) is 0 Å². The maximum Gasteiger partial charge on any atom is 0.154 e. The van der Waals surface area contributed by atoms with Gasteiger partial charge in [0.15, 0.2) is 11.6 Å². The molecule has 80 valence electrons. The zero-order valence-electron chi connectivity index (χ0n) is 8.67. The third-order valence-electron chi connectivity index (χ3n) is 2.09. The van der Waals surface area contributed by atoms with Crippen molar-refractivity contribution < 1.29 is 0 Å². The van der Waals surface area contributed by atoms with E-state index in [1.807, 2.05) is 36.4 Å². The molecule has 1 heterocycles. The number of hydrogen-bond acceptors (Lipinski definition) is 4. The zero-order valence-corrected chi connectivity index (χ0v) is 8.67. The number of nitrogens with zero attached hydrogens (tertiary/aromatic N) is 2. The second kappa shape index (κ2) is 4.44. The van der Waals surface area contributed by atoms with E-state index in [0.717, 1.165) is 5.56 Å². The lowest BCUT2D eigenvalue weighted by atomic mass is 10.2. The third kappa shape index (κ3) is 2.36. The summed E-state index contributed by atoms with van der Waals surface area (Å²) >= 11 is 0. The van der Waals surface area contributed by atoms with Gasteiger partial charge in [-0.1, -0.05) is 36.4 Å². The van der Waals surface area contributed by atoms with Crippen molar-refractivity contribution in [3.8, 4) is 0 Å². The van der Waals surface area contributed by atoms with Gasteiger partial charge in [0, 0.05) is 0 Å². The number of benzene rings is 1. The quantitative estimate of drug-likeness (QED) is 0.795. The van der Waals surface area contributed by atoms with E-state index >= 15 is 0 Å². The smallest absolute Gasteiger partial charge is 0.154 e. The van der Waals surface area contributed by atoms with Gasteiger partial charge in [0.25, 0.3) is 0 Å². The minimum absolute atomic E-state index is 0.308. The van der Waals surface area contributed by atoms with Crippen LogP contribution in [0.2, 0.25) is 0 Å². The van der Waals surface area contributed by atoms with Crippen molar-refractivity contribution in [1.29, 1.82) is 0 Å². The summed E-state index contributed by atoms with van der Waals surface area (Å²) < 4.78 is 0. The molecule has 4 N–H and O–H groups in total. The molecule has 0 spiro atoms. The number of rotatable bonds is 2. The minimum atomic E-state index is 0.308.